The van der Waals surface area contributed by atoms with E-state index in [1.165, 1.54) is 0 Å². The van der Waals surface area contributed by atoms with Crippen molar-refractivity contribution in [2.24, 2.45) is 0 Å². The molecule has 26 heavy (non-hydrogen) atoms. The molecule has 0 atom stereocenters. The second kappa shape index (κ2) is 8.06. The molecule has 0 saturated carbocycles. The van der Waals surface area contributed by atoms with Crippen LogP contribution in [0.2, 0.25) is 0 Å². The normalized spacial score (nSPS) is 20.1. The Balaban J connectivity index is 1.86. The maximum absolute atomic E-state index is 13.0. The van der Waals surface area contributed by atoms with Gasteiger partial charge in [0.25, 0.3) is 5.91 Å². The number of hydrogen-bond donors (Lipinski definition) is 1. The summed E-state index contributed by atoms with van der Waals surface area (Å²) in [5, 5.41) is 3.30. The maximum atomic E-state index is 13.0. The molecule has 0 spiro atoms. The standard InChI is InChI=1S/C19H29N3O3S/c1-15-6-7-16(19(23)21(2)17-8-10-20-11-9-17)14-18(15)26(24,25)22-12-4-3-5-13-22/h6-7,14,17,20H,3-5,8-13H2,1-2H3. The first-order valence-electron chi connectivity index (χ1n) is 9.50. The Hall–Kier alpha value is -1.44. The number of carbonyl (C=O) groups is 1. The van der Waals surface area contributed by atoms with Gasteiger partial charge >= 0.3 is 0 Å². The molecule has 2 fully saturated rings. The summed E-state index contributed by atoms with van der Waals surface area (Å²) in [4.78, 5) is 14.9. The largest absolute Gasteiger partial charge is 0.339 e. The molecule has 0 unspecified atom stereocenters. The highest BCUT2D eigenvalue weighted by Gasteiger charge is 2.29. The Morgan fingerprint density at radius 2 is 1.81 bits per heavy atom. The number of hydrogen-bond acceptors (Lipinski definition) is 4. The zero-order valence-corrected chi connectivity index (χ0v) is 16.5. The van der Waals surface area contributed by atoms with Gasteiger partial charge in [0.15, 0.2) is 0 Å². The molecule has 0 aromatic heterocycles. The molecule has 144 valence electrons. The van der Waals surface area contributed by atoms with Gasteiger partial charge in [-0.3, -0.25) is 4.79 Å². The van der Waals surface area contributed by atoms with Gasteiger partial charge in [-0.25, -0.2) is 8.42 Å². The van der Waals surface area contributed by atoms with Crippen LogP contribution in [0.3, 0.4) is 0 Å². The number of nitrogens with zero attached hydrogens (tertiary/aromatic N) is 2. The number of rotatable bonds is 4. The molecule has 0 aliphatic carbocycles. The van der Waals surface area contributed by atoms with Crippen LogP contribution in [0.25, 0.3) is 0 Å². The second-order valence-corrected chi connectivity index (χ2v) is 9.25. The highest BCUT2D eigenvalue weighted by molar-refractivity contribution is 7.89. The lowest BCUT2D eigenvalue weighted by atomic mass is 10.0. The zero-order chi connectivity index (χ0) is 18.7. The minimum Gasteiger partial charge on any atom is -0.339 e. The first-order chi connectivity index (χ1) is 12.4. The summed E-state index contributed by atoms with van der Waals surface area (Å²) in [5.74, 6) is -0.105. The fraction of sp³-hybridized carbons (Fsp3) is 0.632. The fourth-order valence-electron chi connectivity index (χ4n) is 3.82. The molecule has 7 heteroatoms. The fourth-order valence-corrected chi connectivity index (χ4v) is 5.59. The predicted octanol–water partition coefficient (Wildman–Crippen LogP) is 1.99. The summed E-state index contributed by atoms with van der Waals surface area (Å²) in [7, 11) is -1.73. The molecule has 0 radical (unpaired) electrons. The van der Waals surface area contributed by atoms with Gasteiger partial charge in [0.2, 0.25) is 10.0 Å². The molecule has 6 nitrogen and oxygen atoms in total. The van der Waals surface area contributed by atoms with Gasteiger partial charge in [-0.2, -0.15) is 4.31 Å². The average Bonchev–Trinajstić information content (AvgIpc) is 2.68. The average molecular weight is 380 g/mol. The zero-order valence-electron chi connectivity index (χ0n) is 15.7. The highest BCUT2D eigenvalue weighted by atomic mass is 32.2. The monoisotopic (exact) mass is 379 g/mol. The Morgan fingerprint density at radius 3 is 2.46 bits per heavy atom. The van der Waals surface area contributed by atoms with E-state index in [0.717, 1.165) is 45.2 Å². The first-order valence-corrected chi connectivity index (χ1v) is 10.9. The van der Waals surface area contributed by atoms with Crippen LogP contribution < -0.4 is 5.32 Å². The lowest BCUT2D eigenvalue weighted by Crippen LogP contribution is -2.44. The van der Waals surface area contributed by atoms with Gasteiger partial charge in [0.1, 0.15) is 0 Å². The first kappa shape index (κ1) is 19.3. The molecule has 1 aromatic rings. The van der Waals surface area contributed by atoms with Crippen molar-refractivity contribution >= 4 is 15.9 Å². The summed E-state index contributed by atoms with van der Waals surface area (Å²) in [6, 6.07) is 5.26. The van der Waals surface area contributed by atoms with Gasteiger partial charge < -0.3 is 10.2 Å². The number of piperidine rings is 2. The third kappa shape index (κ3) is 3.94. The maximum Gasteiger partial charge on any atom is 0.253 e. The summed E-state index contributed by atoms with van der Waals surface area (Å²) in [6.07, 6.45) is 4.72. The van der Waals surface area contributed by atoms with Crippen LogP contribution >= 0.6 is 0 Å². The van der Waals surface area contributed by atoms with Crippen molar-refractivity contribution in [1.82, 2.24) is 14.5 Å². The molecule has 2 aliphatic heterocycles. The van der Waals surface area contributed by atoms with Gasteiger partial charge in [-0.1, -0.05) is 12.5 Å². The van der Waals surface area contributed by atoms with E-state index in [9.17, 15) is 13.2 Å². The smallest absolute Gasteiger partial charge is 0.253 e. The number of carbonyl (C=O) groups excluding carboxylic acids is 1. The number of aryl methyl sites for hydroxylation is 1. The van der Waals surface area contributed by atoms with Crippen LogP contribution in [0.15, 0.2) is 23.1 Å². The topological polar surface area (TPSA) is 69.7 Å². The van der Waals surface area contributed by atoms with E-state index >= 15 is 0 Å². The van der Waals surface area contributed by atoms with Crippen LogP contribution in [0, 0.1) is 6.92 Å². The Kier molecular flexibility index (Phi) is 5.99. The third-order valence-electron chi connectivity index (χ3n) is 5.54. The van der Waals surface area contributed by atoms with Crippen molar-refractivity contribution in [1.29, 1.82) is 0 Å². The molecule has 3 rings (SSSR count). The number of benzene rings is 1. The van der Waals surface area contributed by atoms with Crippen molar-refractivity contribution in [3.8, 4) is 0 Å². The van der Waals surface area contributed by atoms with Crippen molar-refractivity contribution < 1.29 is 13.2 Å². The lowest BCUT2D eigenvalue weighted by Gasteiger charge is -2.32. The molecule has 1 amide bonds. The van der Waals surface area contributed by atoms with Crippen LogP contribution in [0.4, 0.5) is 0 Å². The van der Waals surface area contributed by atoms with E-state index in [-0.39, 0.29) is 16.8 Å². The van der Waals surface area contributed by atoms with Gasteiger partial charge in [0.05, 0.1) is 4.90 Å². The third-order valence-corrected chi connectivity index (χ3v) is 7.59. The number of amides is 1. The van der Waals surface area contributed by atoms with E-state index < -0.39 is 10.0 Å². The Bertz CT molecular complexity index is 751. The molecule has 1 N–H and O–H groups in total. The van der Waals surface area contributed by atoms with Crippen LogP contribution in [-0.4, -0.2) is 62.8 Å². The van der Waals surface area contributed by atoms with Crippen molar-refractivity contribution in [3.63, 3.8) is 0 Å². The summed E-state index contributed by atoms with van der Waals surface area (Å²) in [6.45, 7) is 4.74. The van der Waals surface area contributed by atoms with E-state index in [1.807, 2.05) is 7.05 Å². The van der Waals surface area contributed by atoms with Gasteiger partial charge in [-0.15, -0.1) is 0 Å². The molecule has 0 bridgehead atoms. The minimum atomic E-state index is -3.55. The minimum absolute atomic E-state index is 0.105. The number of nitrogens with one attached hydrogen (secondary N) is 1. The van der Waals surface area contributed by atoms with Crippen molar-refractivity contribution in [2.45, 2.75) is 50.0 Å². The molecule has 2 aliphatic rings. The molecular formula is C19H29N3O3S. The highest BCUT2D eigenvalue weighted by Crippen LogP contribution is 2.25. The van der Waals surface area contributed by atoms with E-state index in [4.69, 9.17) is 0 Å². The van der Waals surface area contributed by atoms with E-state index in [0.29, 0.717) is 24.2 Å². The van der Waals surface area contributed by atoms with Crippen molar-refractivity contribution in [3.05, 3.63) is 29.3 Å². The predicted molar refractivity (Wildman–Crippen MR) is 102 cm³/mol. The van der Waals surface area contributed by atoms with E-state index in [1.54, 1.807) is 34.3 Å². The molecule has 2 heterocycles. The van der Waals surface area contributed by atoms with Crippen LogP contribution in [0.1, 0.15) is 48.0 Å². The SMILES string of the molecule is Cc1ccc(C(=O)N(C)C2CCNCC2)cc1S(=O)(=O)N1CCCCC1. The molecule has 1 aromatic carbocycles. The molecule has 2 saturated heterocycles. The lowest BCUT2D eigenvalue weighted by molar-refractivity contribution is 0.0703. The van der Waals surface area contributed by atoms with Crippen LogP contribution in [-0.2, 0) is 10.0 Å². The summed E-state index contributed by atoms with van der Waals surface area (Å²) >= 11 is 0. The van der Waals surface area contributed by atoms with Gasteiger partial charge in [-0.05, 0) is 63.4 Å². The number of sulfonamides is 1. The van der Waals surface area contributed by atoms with Crippen LogP contribution in [0.5, 0.6) is 0 Å². The Labute approximate surface area is 156 Å². The second-order valence-electron chi connectivity index (χ2n) is 7.34. The molecular weight excluding hydrogens is 350 g/mol. The summed E-state index contributed by atoms with van der Waals surface area (Å²) in [5.41, 5.74) is 1.14. The van der Waals surface area contributed by atoms with Gasteiger partial charge in [0, 0.05) is 31.7 Å². The summed E-state index contributed by atoms with van der Waals surface area (Å²) < 4.78 is 27.7. The van der Waals surface area contributed by atoms with Crippen molar-refractivity contribution in [2.75, 3.05) is 33.2 Å². The quantitative estimate of drug-likeness (QED) is 0.869. The van der Waals surface area contributed by atoms with E-state index in [2.05, 4.69) is 5.32 Å². The Morgan fingerprint density at radius 1 is 1.15 bits per heavy atom.